The van der Waals surface area contributed by atoms with Crippen molar-refractivity contribution in [3.05, 3.63) is 59.9 Å². The molecule has 0 atom stereocenters. The largest absolute Gasteiger partial charge is 0.492 e. The van der Waals surface area contributed by atoms with Crippen molar-refractivity contribution in [2.45, 2.75) is 0 Å². The van der Waals surface area contributed by atoms with Crippen LogP contribution in [0.4, 0.5) is 10.1 Å². The van der Waals surface area contributed by atoms with Gasteiger partial charge in [0.2, 0.25) is 0 Å². The third-order valence-electron chi connectivity index (χ3n) is 3.06. The summed E-state index contributed by atoms with van der Waals surface area (Å²) in [6.07, 6.45) is 0. The summed E-state index contributed by atoms with van der Waals surface area (Å²) in [6.45, 7) is 0.888. The molecule has 0 radical (unpaired) electrons. The molecule has 5 heteroatoms. The van der Waals surface area contributed by atoms with Gasteiger partial charge in [-0.05, 0) is 36.4 Å². The van der Waals surface area contributed by atoms with Crippen molar-refractivity contribution < 1.29 is 19.0 Å². The molecule has 0 fully saturated rings. The molecule has 0 saturated heterocycles. The molecule has 2 aromatic carbocycles. The Bertz CT molecular complexity index is 613. The van der Waals surface area contributed by atoms with Crippen molar-refractivity contribution in [1.29, 1.82) is 0 Å². The summed E-state index contributed by atoms with van der Waals surface area (Å²) < 4.78 is 19.1. The Morgan fingerprint density at radius 1 is 1.19 bits per heavy atom. The van der Waals surface area contributed by atoms with Crippen LogP contribution in [0, 0.1) is 5.82 Å². The lowest BCUT2D eigenvalue weighted by atomic mass is 10.2. The molecule has 1 N–H and O–H groups in total. The van der Waals surface area contributed by atoms with Crippen LogP contribution in [0.25, 0.3) is 0 Å². The van der Waals surface area contributed by atoms with Crippen molar-refractivity contribution in [3.8, 4) is 5.75 Å². The van der Waals surface area contributed by atoms with Crippen molar-refractivity contribution in [3.63, 3.8) is 0 Å². The summed E-state index contributed by atoms with van der Waals surface area (Å²) in [5.41, 5.74) is 0.730. The molecule has 0 aromatic heterocycles. The monoisotopic (exact) mass is 289 g/mol. The summed E-state index contributed by atoms with van der Waals surface area (Å²) in [7, 11) is 1.79. The minimum Gasteiger partial charge on any atom is -0.492 e. The molecule has 21 heavy (non-hydrogen) atoms. The molecular formula is C16H16FNO3. The molecular weight excluding hydrogens is 273 g/mol. The van der Waals surface area contributed by atoms with E-state index in [0.29, 0.717) is 24.6 Å². The van der Waals surface area contributed by atoms with Crippen molar-refractivity contribution in [2.24, 2.45) is 0 Å². The van der Waals surface area contributed by atoms with E-state index in [-0.39, 0.29) is 11.4 Å². The van der Waals surface area contributed by atoms with Gasteiger partial charge in [-0.3, -0.25) is 0 Å². The van der Waals surface area contributed by atoms with E-state index in [2.05, 4.69) is 0 Å². The first-order valence-corrected chi connectivity index (χ1v) is 6.50. The van der Waals surface area contributed by atoms with E-state index in [0.717, 1.165) is 0 Å². The Hall–Kier alpha value is -2.56. The number of halogens is 1. The topological polar surface area (TPSA) is 49.8 Å². The first-order valence-electron chi connectivity index (χ1n) is 6.50. The van der Waals surface area contributed by atoms with E-state index in [9.17, 15) is 9.18 Å². The Balaban J connectivity index is 1.86. The maximum absolute atomic E-state index is 13.6. The number of nitrogens with zero attached hydrogens (tertiary/aromatic N) is 1. The highest BCUT2D eigenvalue weighted by atomic mass is 19.1. The summed E-state index contributed by atoms with van der Waals surface area (Å²) in [5, 5.41) is 8.79. The van der Waals surface area contributed by atoms with Crippen LogP contribution in [0.5, 0.6) is 5.75 Å². The Labute approximate surface area is 122 Å². The highest BCUT2D eigenvalue weighted by molar-refractivity contribution is 5.87. The fourth-order valence-electron chi connectivity index (χ4n) is 1.88. The van der Waals surface area contributed by atoms with Crippen LogP contribution < -0.4 is 9.64 Å². The second kappa shape index (κ2) is 6.74. The number of carbonyl (C=O) groups is 1. The lowest BCUT2D eigenvalue weighted by Gasteiger charge is -2.20. The van der Waals surface area contributed by atoms with E-state index in [1.165, 1.54) is 18.2 Å². The second-order valence-corrected chi connectivity index (χ2v) is 4.55. The van der Waals surface area contributed by atoms with Gasteiger partial charge < -0.3 is 14.7 Å². The van der Waals surface area contributed by atoms with Crippen molar-refractivity contribution in [1.82, 2.24) is 0 Å². The molecule has 0 bridgehead atoms. The van der Waals surface area contributed by atoms with Crippen molar-refractivity contribution >= 4 is 11.7 Å². The quantitative estimate of drug-likeness (QED) is 0.888. The van der Waals surface area contributed by atoms with Crippen LogP contribution >= 0.6 is 0 Å². The average molecular weight is 289 g/mol. The summed E-state index contributed by atoms with van der Waals surface area (Å²) in [6, 6.07) is 12.7. The zero-order valence-corrected chi connectivity index (χ0v) is 11.6. The maximum atomic E-state index is 13.6. The molecule has 0 unspecified atom stereocenters. The molecule has 4 nitrogen and oxygen atoms in total. The maximum Gasteiger partial charge on any atom is 0.335 e. The van der Waals surface area contributed by atoms with Gasteiger partial charge >= 0.3 is 5.97 Å². The standard InChI is InChI=1S/C16H16FNO3/c1-18(15-5-3-2-4-14(15)17)10-11-21-13-8-6-12(7-9-13)16(19)20/h2-9H,10-11H2,1H3,(H,19,20). The minimum absolute atomic E-state index is 0.214. The van der Waals surface area contributed by atoms with E-state index in [1.807, 2.05) is 0 Å². The van der Waals surface area contributed by atoms with Gasteiger partial charge in [-0.1, -0.05) is 12.1 Å². The van der Waals surface area contributed by atoms with Gasteiger partial charge in [-0.15, -0.1) is 0 Å². The fourth-order valence-corrected chi connectivity index (χ4v) is 1.88. The minimum atomic E-state index is -0.971. The smallest absolute Gasteiger partial charge is 0.335 e. The van der Waals surface area contributed by atoms with Gasteiger partial charge in [0.1, 0.15) is 18.2 Å². The highest BCUT2D eigenvalue weighted by Crippen LogP contribution is 2.17. The molecule has 0 aliphatic heterocycles. The van der Waals surface area contributed by atoms with Gasteiger partial charge in [0.15, 0.2) is 0 Å². The second-order valence-electron chi connectivity index (χ2n) is 4.55. The SMILES string of the molecule is CN(CCOc1ccc(C(=O)O)cc1)c1ccccc1F. The lowest BCUT2D eigenvalue weighted by Crippen LogP contribution is -2.24. The molecule has 0 aliphatic rings. The third kappa shape index (κ3) is 3.95. The molecule has 0 spiro atoms. The van der Waals surface area contributed by atoms with Crippen molar-refractivity contribution in [2.75, 3.05) is 25.1 Å². The van der Waals surface area contributed by atoms with Gasteiger partial charge in [-0.2, -0.15) is 0 Å². The van der Waals surface area contributed by atoms with E-state index >= 15 is 0 Å². The number of ether oxygens (including phenoxy) is 1. The van der Waals surface area contributed by atoms with Crippen LogP contribution in [-0.2, 0) is 0 Å². The summed E-state index contributed by atoms with van der Waals surface area (Å²) in [5.74, 6) is -0.659. The summed E-state index contributed by atoms with van der Waals surface area (Å²) >= 11 is 0. The number of hydrogen-bond donors (Lipinski definition) is 1. The predicted octanol–water partition coefficient (Wildman–Crippen LogP) is 3.04. The molecule has 0 aliphatic carbocycles. The normalized spacial score (nSPS) is 10.2. The number of carboxylic acid groups (broad SMARTS) is 1. The molecule has 2 rings (SSSR count). The zero-order chi connectivity index (χ0) is 15.2. The number of hydrogen-bond acceptors (Lipinski definition) is 3. The predicted molar refractivity (Wildman–Crippen MR) is 78.6 cm³/mol. The van der Waals surface area contributed by atoms with Crippen LogP contribution in [0.15, 0.2) is 48.5 Å². The van der Waals surface area contributed by atoms with Crippen LogP contribution in [0.3, 0.4) is 0 Å². The average Bonchev–Trinajstić information content (AvgIpc) is 2.48. The van der Waals surface area contributed by atoms with E-state index < -0.39 is 5.97 Å². The number of aromatic carboxylic acids is 1. The number of carboxylic acids is 1. The summed E-state index contributed by atoms with van der Waals surface area (Å²) in [4.78, 5) is 12.5. The Kier molecular flexibility index (Phi) is 4.77. The van der Waals surface area contributed by atoms with Crippen LogP contribution in [0.2, 0.25) is 0 Å². The number of likely N-dealkylation sites (N-methyl/N-ethyl adjacent to an activating group) is 1. The molecule has 110 valence electrons. The Morgan fingerprint density at radius 2 is 1.86 bits per heavy atom. The number of para-hydroxylation sites is 1. The number of anilines is 1. The van der Waals surface area contributed by atoms with E-state index in [4.69, 9.17) is 9.84 Å². The fraction of sp³-hybridized carbons (Fsp3) is 0.188. The first kappa shape index (κ1) is 14.8. The number of benzene rings is 2. The van der Waals surface area contributed by atoms with Gasteiger partial charge in [-0.25, -0.2) is 9.18 Å². The van der Waals surface area contributed by atoms with Crippen LogP contribution in [-0.4, -0.2) is 31.3 Å². The van der Waals surface area contributed by atoms with E-state index in [1.54, 1.807) is 42.3 Å². The van der Waals surface area contributed by atoms with Gasteiger partial charge in [0.25, 0.3) is 0 Å². The molecule has 0 saturated carbocycles. The third-order valence-corrected chi connectivity index (χ3v) is 3.06. The molecule has 0 heterocycles. The highest BCUT2D eigenvalue weighted by Gasteiger charge is 2.06. The first-order chi connectivity index (χ1) is 10.1. The Morgan fingerprint density at radius 3 is 2.48 bits per heavy atom. The molecule has 2 aromatic rings. The van der Waals surface area contributed by atoms with Crippen LogP contribution in [0.1, 0.15) is 10.4 Å². The zero-order valence-electron chi connectivity index (χ0n) is 11.6. The van der Waals surface area contributed by atoms with Gasteiger partial charge in [0, 0.05) is 7.05 Å². The number of rotatable bonds is 6. The van der Waals surface area contributed by atoms with Gasteiger partial charge in [0.05, 0.1) is 17.8 Å². The molecule has 0 amide bonds. The lowest BCUT2D eigenvalue weighted by molar-refractivity contribution is 0.0697.